The quantitative estimate of drug-likeness (QED) is 0.561. The van der Waals surface area contributed by atoms with E-state index in [2.05, 4.69) is 9.97 Å². The van der Waals surface area contributed by atoms with Crippen LogP contribution in [-0.4, -0.2) is 34.8 Å². The lowest BCUT2D eigenvalue weighted by molar-refractivity contribution is -0.118. The van der Waals surface area contributed by atoms with E-state index in [-0.39, 0.29) is 24.2 Å². The molecule has 0 unspecified atom stereocenters. The van der Waals surface area contributed by atoms with E-state index in [4.69, 9.17) is 4.74 Å². The van der Waals surface area contributed by atoms with Gasteiger partial charge in [0.25, 0.3) is 0 Å². The van der Waals surface area contributed by atoms with Crippen molar-refractivity contribution in [2.45, 2.75) is 58.4 Å². The summed E-state index contributed by atoms with van der Waals surface area (Å²) in [6, 6.07) is 3.89. The third-order valence-electron chi connectivity index (χ3n) is 5.98. The number of fused-ring (bicyclic) bond motifs is 1. The lowest BCUT2D eigenvalue weighted by Gasteiger charge is -2.32. The maximum absolute atomic E-state index is 13.6. The lowest BCUT2D eigenvalue weighted by atomic mass is 9.93. The molecule has 1 amide bonds. The number of ketones is 1. The van der Waals surface area contributed by atoms with Gasteiger partial charge in [0, 0.05) is 34.2 Å². The molecule has 0 saturated heterocycles. The molecule has 0 bridgehead atoms. The molecule has 1 aliphatic carbocycles. The number of aromatic nitrogens is 2. The number of rotatable bonds is 6. The van der Waals surface area contributed by atoms with Crippen LogP contribution >= 0.6 is 11.3 Å². The minimum atomic E-state index is -0.0748. The van der Waals surface area contributed by atoms with Crippen LogP contribution in [-0.2, 0) is 11.2 Å². The van der Waals surface area contributed by atoms with Gasteiger partial charge in [0.05, 0.1) is 19.1 Å². The Balaban J connectivity index is 1.76. The molecule has 4 rings (SSSR count). The zero-order valence-electron chi connectivity index (χ0n) is 17.7. The van der Waals surface area contributed by atoms with E-state index in [1.165, 1.54) is 24.7 Å². The molecule has 1 saturated carbocycles. The van der Waals surface area contributed by atoms with Crippen molar-refractivity contribution < 1.29 is 14.3 Å². The number of thiazole rings is 1. The first kappa shape index (κ1) is 20.6. The fourth-order valence-electron chi connectivity index (χ4n) is 4.58. The summed E-state index contributed by atoms with van der Waals surface area (Å²) in [5.74, 6) is 0.485. The maximum Gasteiger partial charge on any atom is 0.233 e. The van der Waals surface area contributed by atoms with Crippen LogP contribution in [0.5, 0.6) is 5.75 Å². The molecule has 1 fully saturated rings. The number of Topliss-reactive ketones (excluding diaryl/α,β-unsaturated/α-hetero) is 1. The first-order valence-corrected chi connectivity index (χ1v) is 11.3. The summed E-state index contributed by atoms with van der Waals surface area (Å²) < 4.78 is 5.45. The number of amides is 1. The van der Waals surface area contributed by atoms with E-state index in [0.717, 1.165) is 53.0 Å². The number of hydrogen-bond donors (Lipinski definition) is 1. The van der Waals surface area contributed by atoms with Crippen LogP contribution in [0.3, 0.4) is 0 Å². The highest BCUT2D eigenvalue weighted by atomic mass is 32.1. The Bertz CT molecular complexity index is 1070. The van der Waals surface area contributed by atoms with Gasteiger partial charge >= 0.3 is 0 Å². The average molecular weight is 426 g/mol. The van der Waals surface area contributed by atoms with Crippen molar-refractivity contribution >= 4 is 39.1 Å². The molecule has 1 aromatic carbocycles. The van der Waals surface area contributed by atoms with Crippen LogP contribution in [0.2, 0.25) is 0 Å². The molecule has 0 aliphatic heterocycles. The van der Waals surface area contributed by atoms with E-state index < -0.39 is 0 Å². The zero-order chi connectivity index (χ0) is 21.3. The van der Waals surface area contributed by atoms with Crippen molar-refractivity contribution in [1.82, 2.24) is 9.97 Å². The second-order valence-electron chi connectivity index (χ2n) is 7.90. The van der Waals surface area contributed by atoms with Crippen molar-refractivity contribution in [3.05, 3.63) is 40.5 Å². The largest absolute Gasteiger partial charge is 0.496 e. The Morgan fingerprint density at radius 3 is 2.67 bits per heavy atom. The summed E-state index contributed by atoms with van der Waals surface area (Å²) in [6.07, 6.45) is 7.47. The highest BCUT2D eigenvalue weighted by Crippen LogP contribution is 2.35. The van der Waals surface area contributed by atoms with E-state index in [1.54, 1.807) is 19.4 Å². The Labute approximate surface area is 180 Å². The molecule has 0 atom stereocenters. The molecule has 158 valence electrons. The highest BCUT2D eigenvalue weighted by Gasteiger charge is 2.30. The number of methoxy groups -OCH3 is 1. The van der Waals surface area contributed by atoms with Crippen molar-refractivity contribution in [2.75, 3.05) is 12.0 Å². The number of aromatic amines is 1. The molecule has 2 heterocycles. The minimum absolute atomic E-state index is 0.0261. The molecular weight excluding hydrogens is 398 g/mol. The number of ether oxygens (including phenoxy) is 1. The fraction of sp³-hybridized carbons (Fsp3) is 0.435. The summed E-state index contributed by atoms with van der Waals surface area (Å²) in [5.41, 5.74) is 3.13. The van der Waals surface area contributed by atoms with Gasteiger partial charge in [-0.3, -0.25) is 14.5 Å². The highest BCUT2D eigenvalue weighted by molar-refractivity contribution is 7.13. The summed E-state index contributed by atoms with van der Waals surface area (Å²) in [7, 11) is 1.56. The second-order valence-corrected chi connectivity index (χ2v) is 8.77. The van der Waals surface area contributed by atoms with Crippen molar-refractivity contribution in [3.63, 3.8) is 0 Å². The smallest absolute Gasteiger partial charge is 0.233 e. The number of carbonyl (C=O) groups is 2. The Morgan fingerprint density at radius 1 is 1.27 bits per heavy atom. The number of carbonyl (C=O) groups excluding carboxylic acids is 2. The van der Waals surface area contributed by atoms with Gasteiger partial charge in [-0.1, -0.05) is 19.3 Å². The average Bonchev–Trinajstić information content (AvgIpc) is 3.36. The third kappa shape index (κ3) is 3.74. The molecule has 1 N–H and O–H groups in total. The van der Waals surface area contributed by atoms with Gasteiger partial charge in [-0.15, -0.1) is 11.3 Å². The number of H-pyrrole nitrogens is 1. The Hall–Kier alpha value is -2.67. The van der Waals surface area contributed by atoms with Crippen LogP contribution in [0, 0.1) is 6.92 Å². The summed E-state index contributed by atoms with van der Waals surface area (Å²) in [4.78, 5) is 35.7. The van der Waals surface area contributed by atoms with Crippen molar-refractivity contribution in [1.29, 1.82) is 0 Å². The maximum atomic E-state index is 13.6. The van der Waals surface area contributed by atoms with Gasteiger partial charge in [0.2, 0.25) is 5.91 Å². The van der Waals surface area contributed by atoms with Gasteiger partial charge in [0.15, 0.2) is 10.9 Å². The molecule has 0 spiro atoms. The molecule has 0 radical (unpaired) electrons. The van der Waals surface area contributed by atoms with Gasteiger partial charge in [0.1, 0.15) is 5.75 Å². The normalized spacial score (nSPS) is 14.8. The molecule has 30 heavy (non-hydrogen) atoms. The van der Waals surface area contributed by atoms with Crippen molar-refractivity contribution in [3.8, 4) is 5.75 Å². The van der Waals surface area contributed by atoms with Crippen LogP contribution in [0.1, 0.15) is 60.6 Å². The predicted octanol–water partition coefficient (Wildman–Crippen LogP) is 5.05. The first-order valence-electron chi connectivity index (χ1n) is 10.4. The second kappa shape index (κ2) is 8.60. The minimum Gasteiger partial charge on any atom is -0.496 e. The Kier molecular flexibility index (Phi) is 5.90. The third-order valence-corrected chi connectivity index (χ3v) is 6.75. The van der Waals surface area contributed by atoms with Gasteiger partial charge < -0.3 is 9.72 Å². The number of benzene rings is 1. The first-order chi connectivity index (χ1) is 14.5. The van der Waals surface area contributed by atoms with E-state index >= 15 is 0 Å². The molecule has 7 heteroatoms. The number of hydrogen-bond acceptors (Lipinski definition) is 5. The molecular formula is C23H27N3O3S. The lowest BCUT2D eigenvalue weighted by Crippen LogP contribution is -2.42. The van der Waals surface area contributed by atoms with Crippen molar-refractivity contribution in [2.24, 2.45) is 0 Å². The van der Waals surface area contributed by atoms with E-state index in [9.17, 15) is 9.59 Å². The van der Waals surface area contributed by atoms with E-state index in [0.29, 0.717) is 11.3 Å². The number of nitrogens with one attached hydrogen (secondary N) is 1. The zero-order valence-corrected chi connectivity index (χ0v) is 18.5. The van der Waals surface area contributed by atoms with Crippen LogP contribution < -0.4 is 9.64 Å². The van der Waals surface area contributed by atoms with E-state index in [1.807, 2.05) is 23.3 Å². The standard InChI is InChI=1S/C23H27N3O3S/c1-14-17(22-18(25-14)9-10-19(29-3)21(22)15(2)27)13-20(28)26(23-24-11-12-30-23)16-7-5-4-6-8-16/h9-12,16,25H,4-8,13H2,1-3H3. The van der Waals surface area contributed by atoms with Gasteiger partial charge in [-0.2, -0.15) is 0 Å². The SMILES string of the molecule is COc1ccc2[nH]c(C)c(CC(=O)N(c3nccs3)C3CCCCC3)c2c1C(C)=O. The topological polar surface area (TPSA) is 75.3 Å². The number of anilines is 1. The number of nitrogens with zero attached hydrogens (tertiary/aromatic N) is 2. The molecule has 3 aromatic rings. The van der Waals surface area contributed by atoms with Crippen LogP contribution in [0.15, 0.2) is 23.7 Å². The molecule has 6 nitrogen and oxygen atoms in total. The molecule has 1 aliphatic rings. The molecule has 2 aromatic heterocycles. The monoisotopic (exact) mass is 425 g/mol. The van der Waals surface area contributed by atoms with Gasteiger partial charge in [-0.25, -0.2) is 4.98 Å². The van der Waals surface area contributed by atoms with Crippen LogP contribution in [0.4, 0.5) is 5.13 Å². The summed E-state index contributed by atoms with van der Waals surface area (Å²) in [6.45, 7) is 3.49. The summed E-state index contributed by atoms with van der Waals surface area (Å²) >= 11 is 1.50. The fourth-order valence-corrected chi connectivity index (χ4v) is 5.31. The number of aryl methyl sites for hydroxylation is 1. The van der Waals surface area contributed by atoms with Gasteiger partial charge in [-0.05, 0) is 44.4 Å². The summed E-state index contributed by atoms with van der Waals surface area (Å²) in [5, 5.41) is 3.46. The van der Waals surface area contributed by atoms with Crippen LogP contribution in [0.25, 0.3) is 10.9 Å². The Morgan fingerprint density at radius 2 is 2.03 bits per heavy atom. The predicted molar refractivity (Wildman–Crippen MR) is 120 cm³/mol.